The van der Waals surface area contributed by atoms with Gasteiger partial charge in [-0.3, -0.25) is 0 Å². The predicted octanol–water partition coefficient (Wildman–Crippen LogP) is 3.79. The van der Waals surface area contributed by atoms with Crippen LogP contribution in [-0.4, -0.2) is 27.7 Å². The van der Waals surface area contributed by atoms with Crippen LogP contribution in [0.25, 0.3) is 0 Å². The second kappa shape index (κ2) is 8.40. The minimum absolute atomic E-state index is 0.248. The number of thiocarbonyl (C=S) groups is 1. The summed E-state index contributed by atoms with van der Waals surface area (Å²) in [7, 11) is 0. The third kappa shape index (κ3) is 4.88. The highest BCUT2D eigenvalue weighted by Crippen LogP contribution is 2.24. The van der Waals surface area contributed by atoms with Crippen molar-refractivity contribution in [3.8, 4) is 0 Å². The number of hydrogen-bond acceptors (Lipinski definition) is 4. The number of aromatic nitrogens is 2. The fourth-order valence-corrected chi connectivity index (χ4v) is 3.29. The summed E-state index contributed by atoms with van der Waals surface area (Å²) in [5, 5.41) is 6.60. The molecule has 0 radical (unpaired) electrons. The molecule has 7 heteroatoms. The lowest BCUT2D eigenvalue weighted by atomic mass is 10.0. The summed E-state index contributed by atoms with van der Waals surface area (Å²) in [6, 6.07) is 8.82. The highest BCUT2D eigenvalue weighted by molar-refractivity contribution is 7.80. The van der Waals surface area contributed by atoms with E-state index in [1.165, 1.54) is 31.4 Å². The SMILES string of the molecule is Cc1cc(N2CCCCC2C)nc(NC(=S)NCc2ccc(F)cc2)n1. The molecule has 1 aromatic heterocycles. The molecule has 0 amide bonds. The Bertz CT molecular complexity index is 765. The monoisotopic (exact) mass is 373 g/mol. The molecule has 0 saturated carbocycles. The number of benzene rings is 1. The minimum atomic E-state index is -0.248. The van der Waals surface area contributed by atoms with Gasteiger partial charge in [0.05, 0.1) is 0 Å². The summed E-state index contributed by atoms with van der Waals surface area (Å²) in [6.07, 6.45) is 3.64. The molecule has 138 valence electrons. The van der Waals surface area contributed by atoms with E-state index in [9.17, 15) is 4.39 Å². The van der Waals surface area contributed by atoms with Crippen LogP contribution >= 0.6 is 12.2 Å². The van der Waals surface area contributed by atoms with E-state index >= 15 is 0 Å². The van der Waals surface area contributed by atoms with Gasteiger partial charge in [0.1, 0.15) is 11.6 Å². The van der Waals surface area contributed by atoms with Crippen LogP contribution in [0, 0.1) is 12.7 Å². The van der Waals surface area contributed by atoms with Gasteiger partial charge in [0.15, 0.2) is 5.11 Å². The van der Waals surface area contributed by atoms with E-state index in [2.05, 4.69) is 32.4 Å². The molecule has 1 aliphatic rings. The van der Waals surface area contributed by atoms with Crippen molar-refractivity contribution < 1.29 is 4.39 Å². The minimum Gasteiger partial charge on any atom is -0.358 e. The van der Waals surface area contributed by atoms with Gasteiger partial charge in [-0.2, -0.15) is 4.98 Å². The molecular weight excluding hydrogens is 349 g/mol. The Morgan fingerprint density at radius 2 is 2.04 bits per heavy atom. The van der Waals surface area contributed by atoms with Crippen molar-refractivity contribution in [2.45, 2.75) is 45.7 Å². The normalized spacial score (nSPS) is 17.0. The predicted molar refractivity (Wildman–Crippen MR) is 107 cm³/mol. The van der Waals surface area contributed by atoms with Crippen LogP contribution in [0.3, 0.4) is 0 Å². The van der Waals surface area contributed by atoms with E-state index in [-0.39, 0.29) is 5.82 Å². The molecule has 5 nitrogen and oxygen atoms in total. The van der Waals surface area contributed by atoms with E-state index in [0.29, 0.717) is 23.6 Å². The van der Waals surface area contributed by atoms with Gasteiger partial charge in [0.25, 0.3) is 0 Å². The lowest BCUT2D eigenvalue weighted by molar-refractivity contribution is 0.481. The van der Waals surface area contributed by atoms with Gasteiger partial charge >= 0.3 is 0 Å². The number of hydrogen-bond donors (Lipinski definition) is 2. The summed E-state index contributed by atoms with van der Waals surface area (Å²) in [4.78, 5) is 11.4. The smallest absolute Gasteiger partial charge is 0.231 e. The maximum Gasteiger partial charge on any atom is 0.231 e. The zero-order chi connectivity index (χ0) is 18.5. The van der Waals surface area contributed by atoms with Crippen molar-refractivity contribution in [2.24, 2.45) is 0 Å². The molecule has 1 saturated heterocycles. The van der Waals surface area contributed by atoms with Gasteiger partial charge in [-0.05, 0) is 63.0 Å². The fourth-order valence-electron chi connectivity index (χ4n) is 3.12. The van der Waals surface area contributed by atoms with Crippen molar-refractivity contribution in [1.82, 2.24) is 15.3 Å². The largest absolute Gasteiger partial charge is 0.358 e. The Morgan fingerprint density at radius 3 is 2.77 bits per heavy atom. The average Bonchev–Trinajstić information content (AvgIpc) is 2.61. The van der Waals surface area contributed by atoms with E-state index in [1.807, 2.05) is 13.0 Å². The van der Waals surface area contributed by atoms with Crippen molar-refractivity contribution in [2.75, 3.05) is 16.8 Å². The second-order valence-electron chi connectivity index (χ2n) is 6.66. The second-order valence-corrected chi connectivity index (χ2v) is 7.07. The summed E-state index contributed by atoms with van der Waals surface area (Å²) >= 11 is 5.34. The molecule has 0 aliphatic carbocycles. The first-order chi connectivity index (χ1) is 12.5. The molecule has 1 fully saturated rings. The lowest BCUT2D eigenvalue weighted by Gasteiger charge is -2.34. The Kier molecular flexibility index (Phi) is 5.98. The van der Waals surface area contributed by atoms with Crippen molar-refractivity contribution >= 4 is 29.1 Å². The lowest BCUT2D eigenvalue weighted by Crippen LogP contribution is -2.38. The number of piperidine rings is 1. The van der Waals surface area contributed by atoms with E-state index in [0.717, 1.165) is 23.6 Å². The van der Waals surface area contributed by atoms with Crippen LogP contribution < -0.4 is 15.5 Å². The van der Waals surface area contributed by atoms with Crippen LogP contribution in [-0.2, 0) is 6.54 Å². The molecule has 1 aromatic carbocycles. The number of aryl methyl sites for hydroxylation is 1. The van der Waals surface area contributed by atoms with Gasteiger partial charge in [0.2, 0.25) is 5.95 Å². The average molecular weight is 374 g/mol. The topological polar surface area (TPSA) is 53.1 Å². The zero-order valence-electron chi connectivity index (χ0n) is 15.1. The van der Waals surface area contributed by atoms with E-state index in [4.69, 9.17) is 12.2 Å². The standard InChI is InChI=1S/C19H24FN5S/c1-13-11-17(25-10-4-3-5-14(25)2)23-18(22-13)24-19(26)21-12-15-6-8-16(20)9-7-15/h6-9,11,14H,3-5,10,12H2,1-2H3,(H2,21,22,23,24,26). The van der Waals surface area contributed by atoms with Gasteiger partial charge in [0, 0.05) is 30.9 Å². The Hall–Kier alpha value is -2.28. The summed E-state index contributed by atoms with van der Waals surface area (Å²) < 4.78 is 13.0. The number of halogens is 1. The van der Waals surface area contributed by atoms with Gasteiger partial charge < -0.3 is 15.5 Å². The maximum atomic E-state index is 13.0. The molecule has 1 atom stereocenters. The molecule has 2 heterocycles. The number of rotatable bonds is 4. The molecule has 0 spiro atoms. The van der Waals surface area contributed by atoms with E-state index in [1.54, 1.807) is 12.1 Å². The summed E-state index contributed by atoms with van der Waals surface area (Å²) in [6.45, 7) is 5.72. The molecule has 1 aliphatic heterocycles. The quantitative estimate of drug-likeness (QED) is 0.796. The van der Waals surface area contributed by atoms with Crippen molar-refractivity contribution in [1.29, 1.82) is 0 Å². The molecule has 2 aromatic rings. The van der Waals surface area contributed by atoms with Crippen molar-refractivity contribution in [3.05, 3.63) is 47.4 Å². The number of nitrogens with one attached hydrogen (secondary N) is 2. The van der Waals surface area contributed by atoms with Crippen LogP contribution in [0.4, 0.5) is 16.2 Å². The zero-order valence-corrected chi connectivity index (χ0v) is 15.9. The van der Waals surface area contributed by atoms with Gasteiger partial charge in [-0.1, -0.05) is 12.1 Å². The summed E-state index contributed by atoms with van der Waals surface area (Å²) in [5.41, 5.74) is 1.85. The third-order valence-corrected chi connectivity index (χ3v) is 4.78. The maximum absolute atomic E-state index is 13.0. The van der Waals surface area contributed by atoms with Crippen molar-refractivity contribution in [3.63, 3.8) is 0 Å². The van der Waals surface area contributed by atoms with Gasteiger partial charge in [-0.25, -0.2) is 9.37 Å². The molecule has 1 unspecified atom stereocenters. The first-order valence-electron chi connectivity index (χ1n) is 8.93. The molecule has 26 heavy (non-hydrogen) atoms. The highest BCUT2D eigenvalue weighted by atomic mass is 32.1. The molecular formula is C19H24FN5S. The molecule has 3 rings (SSSR count). The van der Waals surface area contributed by atoms with Crippen LogP contribution in [0.2, 0.25) is 0 Å². The number of anilines is 2. The van der Waals surface area contributed by atoms with Crippen LogP contribution in [0.1, 0.15) is 37.4 Å². The van der Waals surface area contributed by atoms with Crippen LogP contribution in [0.15, 0.2) is 30.3 Å². The van der Waals surface area contributed by atoms with Crippen LogP contribution in [0.5, 0.6) is 0 Å². The Morgan fingerprint density at radius 1 is 1.27 bits per heavy atom. The fraction of sp³-hybridized carbons (Fsp3) is 0.421. The number of nitrogens with zero attached hydrogens (tertiary/aromatic N) is 3. The van der Waals surface area contributed by atoms with Gasteiger partial charge in [-0.15, -0.1) is 0 Å². The van der Waals surface area contributed by atoms with E-state index < -0.39 is 0 Å². The highest BCUT2D eigenvalue weighted by Gasteiger charge is 2.20. The first kappa shape index (κ1) is 18.5. The molecule has 2 N–H and O–H groups in total. The Balaban J connectivity index is 1.63. The Labute approximate surface area is 159 Å². The first-order valence-corrected chi connectivity index (χ1v) is 9.34. The summed E-state index contributed by atoms with van der Waals surface area (Å²) in [5.74, 6) is 1.19. The third-order valence-electron chi connectivity index (χ3n) is 4.53. The molecule has 0 bridgehead atoms.